The monoisotopic (exact) mass is 229 g/mol. The minimum absolute atomic E-state index is 0.128. The van der Waals surface area contributed by atoms with Crippen molar-refractivity contribution in [3.05, 3.63) is 35.4 Å². The zero-order valence-electron chi connectivity index (χ0n) is 8.78. The Bertz CT molecular complexity index is 376. The maximum Gasteiger partial charge on any atom is 0.325 e. The van der Waals surface area contributed by atoms with Crippen molar-refractivity contribution < 1.29 is 18.7 Å². The van der Waals surface area contributed by atoms with Crippen molar-refractivity contribution in [2.45, 2.75) is 25.3 Å². The van der Waals surface area contributed by atoms with E-state index in [1.54, 1.807) is 0 Å². The van der Waals surface area contributed by atoms with Crippen LogP contribution in [0.1, 0.15) is 30.5 Å². The molecule has 0 fully saturated rings. The molecule has 0 saturated heterocycles. The van der Waals surface area contributed by atoms with Crippen LogP contribution in [0.2, 0.25) is 0 Å². The number of halogens is 2. The van der Waals surface area contributed by atoms with Gasteiger partial charge in [-0.2, -0.15) is 0 Å². The summed E-state index contributed by atoms with van der Waals surface area (Å²) in [5.41, 5.74) is 5.52. The largest absolute Gasteiger partial charge is 0.480 e. The lowest BCUT2D eigenvalue weighted by Gasteiger charge is -2.15. The molecule has 0 aliphatic rings. The van der Waals surface area contributed by atoms with Gasteiger partial charge in [0.1, 0.15) is 6.04 Å². The van der Waals surface area contributed by atoms with E-state index in [-0.39, 0.29) is 12.0 Å². The predicted octanol–water partition coefficient (Wildman–Crippen LogP) is 2.27. The second kappa shape index (κ2) is 4.57. The molecule has 16 heavy (non-hydrogen) atoms. The summed E-state index contributed by atoms with van der Waals surface area (Å²) in [6.07, 6.45) is -0.294. The summed E-state index contributed by atoms with van der Waals surface area (Å²) in [4.78, 5) is 10.6. The fourth-order valence-corrected chi connectivity index (χ4v) is 1.28. The van der Waals surface area contributed by atoms with Gasteiger partial charge in [0.15, 0.2) is 0 Å². The molecule has 0 amide bonds. The molecule has 5 heteroatoms. The first kappa shape index (κ1) is 12.6. The Morgan fingerprint density at radius 3 is 2.31 bits per heavy atom. The van der Waals surface area contributed by atoms with Crippen molar-refractivity contribution in [3.8, 4) is 0 Å². The third kappa shape index (κ3) is 2.55. The molecule has 1 rings (SSSR count). The highest BCUT2D eigenvalue weighted by atomic mass is 19.3. The molecule has 1 unspecified atom stereocenters. The summed E-state index contributed by atoms with van der Waals surface area (Å²) in [7, 11) is 0. The Balaban J connectivity index is 2.96. The molecule has 0 bridgehead atoms. The van der Waals surface area contributed by atoms with Gasteiger partial charge in [-0.25, -0.2) is 8.78 Å². The smallest absolute Gasteiger partial charge is 0.325 e. The van der Waals surface area contributed by atoms with E-state index in [9.17, 15) is 13.6 Å². The number of carbonyl (C=O) groups is 1. The molecule has 0 heterocycles. The lowest BCUT2D eigenvalue weighted by Crippen LogP contribution is -2.21. The van der Waals surface area contributed by atoms with Gasteiger partial charge < -0.3 is 10.8 Å². The zero-order chi connectivity index (χ0) is 12.3. The molecule has 0 aliphatic heterocycles. The first-order chi connectivity index (χ1) is 7.38. The van der Waals surface area contributed by atoms with Gasteiger partial charge in [0.05, 0.1) is 0 Å². The molecule has 0 aliphatic carbocycles. The molecular weight excluding hydrogens is 216 g/mol. The highest BCUT2D eigenvalue weighted by molar-refractivity contribution is 5.75. The second-order valence-corrected chi connectivity index (χ2v) is 3.50. The van der Waals surface area contributed by atoms with Crippen molar-refractivity contribution >= 4 is 5.97 Å². The van der Waals surface area contributed by atoms with Crippen LogP contribution in [0.25, 0.3) is 0 Å². The molecule has 1 atom stereocenters. The van der Waals surface area contributed by atoms with Crippen molar-refractivity contribution in [2.75, 3.05) is 0 Å². The van der Waals surface area contributed by atoms with Crippen LogP contribution < -0.4 is 5.73 Å². The summed E-state index contributed by atoms with van der Waals surface area (Å²) in [6, 6.07) is 3.88. The Morgan fingerprint density at radius 1 is 1.44 bits per heavy atom. The van der Waals surface area contributed by atoms with Crippen LogP contribution in [0.3, 0.4) is 0 Å². The average molecular weight is 229 g/mol. The van der Waals surface area contributed by atoms with Crippen LogP contribution >= 0.6 is 0 Å². The van der Waals surface area contributed by atoms with E-state index in [0.29, 0.717) is 5.56 Å². The van der Waals surface area contributed by atoms with Crippen molar-refractivity contribution in [1.82, 2.24) is 0 Å². The topological polar surface area (TPSA) is 63.3 Å². The molecule has 0 spiro atoms. The molecule has 1 aromatic rings. The number of carboxylic acid groups (broad SMARTS) is 1. The van der Waals surface area contributed by atoms with Crippen LogP contribution in [0.15, 0.2) is 24.3 Å². The van der Waals surface area contributed by atoms with Crippen molar-refractivity contribution in [1.29, 1.82) is 0 Å². The molecule has 0 saturated carbocycles. The lowest BCUT2D eigenvalue weighted by atomic mass is 10.0. The van der Waals surface area contributed by atoms with Crippen LogP contribution in [-0.4, -0.2) is 11.1 Å². The summed E-state index contributed by atoms with van der Waals surface area (Å²) >= 11 is 0. The van der Waals surface area contributed by atoms with E-state index in [4.69, 9.17) is 10.8 Å². The number of rotatable bonds is 4. The molecule has 1 aromatic carbocycles. The zero-order valence-corrected chi connectivity index (χ0v) is 8.78. The quantitative estimate of drug-likeness (QED) is 0.832. The third-order valence-corrected chi connectivity index (χ3v) is 2.40. The van der Waals surface area contributed by atoms with E-state index in [1.165, 1.54) is 31.2 Å². The van der Waals surface area contributed by atoms with Gasteiger partial charge in [-0.1, -0.05) is 31.2 Å². The standard InChI is InChI=1S/C11H13F2NO2/c1-2-11(12,13)8-5-3-7(4-6-8)9(14)10(15)16/h3-6,9H,2,14H2,1H3,(H,15,16). The molecule has 3 N–H and O–H groups in total. The number of aliphatic carboxylic acids is 1. The van der Waals surface area contributed by atoms with Gasteiger partial charge in [-0.05, 0) is 5.56 Å². The maximum absolute atomic E-state index is 13.2. The first-order valence-corrected chi connectivity index (χ1v) is 4.85. The van der Waals surface area contributed by atoms with Gasteiger partial charge in [0.2, 0.25) is 0 Å². The fraction of sp³-hybridized carbons (Fsp3) is 0.364. The normalized spacial score (nSPS) is 13.5. The van der Waals surface area contributed by atoms with Gasteiger partial charge in [0.25, 0.3) is 5.92 Å². The molecule has 3 nitrogen and oxygen atoms in total. The SMILES string of the molecule is CCC(F)(F)c1ccc(C(N)C(=O)O)cc1. The highest BCUT2D eigenvalue weighted by Crippen LogP contribution is 2.31. The number of hydrogen-bond donors (Lipinski definition) is 2. The lowest BCUT2D eigenvalue weighted by molar-refractivity contribution is -0.138. The summed E-state index contributed by atoms with van der Waals surface area (Å²) in [6.45, 7) is 1.39. The minimum atomic E-state index is -2.88. The van der Waals surface area contributed by atoms with Crippen LogP contribution in [0.4, 0.5) is 8.78 Å². The van der Waals surface area contributed by atoms with E-state index in [1.807, 2.05) is 0 Å². The number of alkyl halides is 2. The first-order valence-electron chi connectivity index (χ1n) is 4.85. The summed E-state index contributed by atoms with van der Waals surface area (Å²) in [5.74, 6) is -4.07. The van der Waals surface area contributed by atoms with Gasteiger partial charge in [-0.3, -0.25) is 4.79 Å². The van der Waals surface area contributed by atoms with E-state index >= 15 is 0 Å². The van der Waals surface area contributed by atoms with Crippen LogP contribution in [-0.2, 0) is 10.7 Å². The average Bonchev–Trinajstić information content (AvgIpc) is 2.28. The summed E-state index contributed by atoms with van der Waals surface area (Å²) < 4.78 is 26.5. The van der Waals surface area contributed by atoms with E-state index in [2.05, 4.69) is 0 Å². The minimum Gasteiger partial charge on any atom is -0.480 e. The van der Waals surface area contributed by atoms with Crippen molar-refractivity contribution in [2.24, 2.45) is 5.73 Å². The summed E-state index contributed by atoms with van der Waals surface area (Å²) in [5, 5.41) is 8.64. The third-order valence-electron chi connectivity index (χ3n) is 2.40. The number of nitrogens with two attached hydrogens (primary N) is 1. The predicted molar refractivity (Wildman–Crippen MR) is 55.2 cm³/mol. The Labute approximate surface area is 91.9 Å². The number of carboxylic acids is 1. The van der Waals surface area contributed by atoms with Crippen LogP contribution in [0, 0.1) is 0 Å². The Kier molecular flexibility index (Phi) is 3.59. The van der Waals surface area contributed by atoms with Crippen molar-refractivity contribution in [3.63, 3.8) is 0 Å². The second-order valence-electron chi connectivity index (χ2n) is 3.50. The van der Waals surface area contributed by atoms with Gasteiger partial charge in [-0.15, -0.1) is 0 Å². The molecule has 88 valence electrons. The van der Waals surface area contributed by atoms with Crippen LogP contribution in [0.5, 0.6) is 0 Å². The molecule has 0 radical (unpaired) electrons. The number of hydrogen-bond acceptors (Lipinski definition) is 2. The van der Waals surface area contributed by atoms with E-state index in [0.717, 1.165) is 0 Å². The molecule has 0 aromatic heterocycles. The maximum atomic E-state index is 13.2. The Hall–Kier alpha value is -1.49. The van der Waals surface area contributed by atoms with E-state index < -0.39 is 17.9 Å². The Morgan fingerprint density at radius 2 is 1.94 bits per heavy atom. The highest BCUT2D eigenvalue weighted by Gasteiger charge is 2.28. The van der Waals surface area contributed by atoms with Gasteiger partial charge >= 0.3 is 5.97 Å². The fourth-order valence-electron chi connectivity index (χ4n) is 1.28. The molecular formula is C11H13F2NO2. The number of benzene rings is 1. The van der Waals surface area contributed by atoms with Gasteiger partial charge in [0, 0.05) is 12.0 Å².